The zero-order chi connectivity index (χ0) is 14.5. The zero-order valence-corrected chi connectivity index (χ0v) is 11.5. The number of nitrogens with zero attached hydrogens (tertiary/aromatic N) is 1. The van der Waals surface area contributed by atoms with Crippen LogP contribution in [0.2, 0.25) is 0 Å². The van der Waals surface area contributed by atoms with Crippen LogP contribution in [0.4, 0.5) is 0 Å². The molecule has 1 aliphatic rings. The Morgan fingerprint density at radius 3 is 2.60 bits per heavy atom. The van der Waals surface area contributed by atoms with E-state index in [1.807, 2.05) is 31.2 Å². The lowest BCUT2D eigenvalue weighted by atomic mass is 10.1. The largest absolute Gasteiger partial charge is 0.497 e. The molecular formula is C14H17N3O3. The lowest BCUT2D eigenvalue weighted by Gasteiger charge is -2.17. The van der Waals surface area contributed by atoms with E-state index in [4.69, 9.17) is 4.74 Å². The highest BCUT2D eigenvalue weighted by molar-refractivity contribution is 6.39. The van der Waals surface area contributed by atoms with E-state index >= 15 is 0 Å². The summed E-state index contributed by atoms with van der Waals surface area (Å²) < 4.78 is 5.09. The van der Waals surface area contributed by atoms with E-state index in [1.54, 1.807) is 7.11 Å². The van der Waals surface area contributed by atoms with Crippen molar-refractivity contribution in [3.05, 3.63) is 29.8 Å². The van der Waals surface area contributed by atoms with Gasteiger partial charge in [0.2, 0.25) is 5.91 Å². The van der Waals surface area contributed by atoms with Gasteiger partial charge in [-0.2, -0.15) is 5.10 Å². The molecule has 2 rings (SSSR count). The van der Waals surface area contributed by atoms with Gasteiger partial charge in [-0.25, -0.2) is 5.43 Å². The van der Waals surface area contributed by atoms with Gasteiger partial charge in [0.25, 0.3) is 5.91 Å². The van der Waals surface area contributed by atoms with E-state index < -0.39 is 0 Å². The number of ether oxygens (including phenoxy) is 1. The molecule has 0 saturated carbocycles. The third kappa shape index (κ3) is 3.34. The molecule has 1 aromatic rings. The van der Waals surface area contributed by atoms with Crippen LogP contribution in [-0.2, 0) is 9.59 Å². The summed E-state index contributed by atoms with van der Waals surface area (Å²) in [7, 11) is 1.61. The number of rotatable bonds is 4. The Kier molecular flexibility index (Phi) is 4.34. The molecule has 6 heteroatoms. The van der Waals surface area contributed by atoms with E-state index in [0.29, 0.717) is 18.6 Å². The number of hydrazone groups is 1. The molecule has 0 radical (unpaired) electrons. The normalized spacial score (nSPS) is 15.9. The van der Waals surface area contributed by atoms with E-state index in [0.717, 1.165) is 11.3 Å². The first kappa shape index (κ1) is 14.0. The van der Waals surface area contributed by atoms with Gasteiger partial charge >= 0.3 is 0 Å². The minimum Gasteiger partial charge on any atom is -0.497 e. The lowest BCUT2D eigenvalue weighted by molar-refractivity contribution is -0.121. The number of benzene rings is 1. The SMILES string of the molecule is COc1ccc(C(C)NC(=O)C2=NNC(=O)CC2)cc1. The second kappa shape index (κ2) is 6.18. The van der Waals surface area contributed by atoms with Crippen LogP contribution in [0.15, 0.2) is 29.4 Å². The predicted octanol–water partition coefficient (Wildman–Crippen LogP) is 1.14. The maximum absolute atomic E-state index is 12.0. The number of hydrogen-bond donors (Lipinski definition) is 2. The fourth-order valence-electron chi connectivity index (χ4n) is 1.89. The fraction of sp³-hybridized carbons (Fsp3) is 0.357. The number of carbonyl (C=O) groups is 2. The van der Waals surface area contributed by atoms with Crippen LogP contribution in [0, 0.1) is 0 Å². The van der Waals surface area contributed by atoms with Gasteiger partial charge in [-0.05, 0) is 24.6 Å². The Bertz CT molecular complexity index is 537. The topological polar surface area (TPSA) is 79.8 Å². The molecule has 2 amide bonds. The van der Waals surface area contributed by atoms with Gasteiger partial charge in [-0.1, -0.05) is 12.1 Å². The molecule has 106 valence electrons. The quantitative estimate of drug-likeness (QED) is 0.864. The van der Waals surface area contributed by atoms with Crippen molar-refractivity contribution in [3.8, 4) is 5.75 Å². The van der Waals surface area contributed by atoms with Crippen molar-refractivity contribution >= 4 is 17.5 Å². The smallest absolute Gasteiger partial charge is 0.267 e. The Balaban J connectivity index is 1.98. The minimum absolute atomic E-state index is 0.145. The minimum atomic E-state index is -0.256. The molecule has 6 nitrogen and oxygen atoms in total. The second-order valence-corrected chi connectivity index (χ2v) is 4.56. The summed E-state index contributed by atoms with van der Waals surface area (Å²) >= 11 is 0. The summed E-state index contributed by atoms with van der Waals surface area (Å²) in [5.74, 6) is 0.352. The van der Waals surface area contributed by atoms with Gasteiger partial charge in [-0.3, -0.25) is 9.59 Å². The molecule has 0 bridgehead atoms. The lowest BCUT2D eigenvalue weighted by Crippen LogP contribution is -2.37. The van der Waals surface area contributed by atoms with Crippen molar-refractivity contribution in [2.24, 2.45) is 5.10 Å². The summed E-state index contributed by atoms with van der Waals surface area (Å²) in [5, 5.41) is 6.63. The van der Waals surface area contributed by atoms with E-state index in [2.05, 4.69) is 15.8 Å². The van der Waals surface area contributed by atoms with Crippen molar-refractivity contribution in [1.82, 2.24) is 10.7 Å². The third-order valence-electron chi connectivity index (χ3n) is 3.13. The molecule has 0 aliphatic carbocycles. The summed E-state index contributed by atoms with van der Waals surface area (Å²) in [4.78, 5) is 23.0. The average molecular weight is 275 g/mol. The summed E-state index contributed by atoms with van der Waals surface area (Å²) in [6.45, 7) is 1.89. The summed E-state index contributed by atoms with van der Waals surface area (Å²) in [6.07, 6.45) is 0.663. The molecule has 1 heterocycles. The van der Waals surface area contributed by atoms with Crippen molar-refractivity contribution < 1.29 is 14.3 Å². The number of carbonyl (C=O) groups excluding carboxylic acids is 2. The first-order valence-corrected chi connectivity index (χ1v) is 6.40. The highest BCUT2D eigenvalue weighted by Crippen LogP contribution is 2.17. The molecule has 2 N–H and O–H groups in total. The molecule has 20 heavy (non-hydrogen) atoms. The van der Waals surface area contributed by atoms with E-state index in [9.17, 15) is 9.59 Å². The van der Waals surface area contributed by atoms with Crippen LogP contribution in [0.25, 0.3) is 0 Å². The molecule has 0 aromatic heterocycles. The molecule has 1 unspecified atom stereocenters. The Morgan fingerprint density at radius 2 is 2.05 bits per heavy atom. The predicted molar refractivity (Wildman–Crippen MR) is 74.4 cm³/mol. The van der Waals surface area contributed by atoms with Crippen LogP contribution in [0.1, 0.15) is 31.4 Å². The van der Waals surface area contributed by atoms with Gasteiger partial charge in [0.1, 0.15) is 11.5 Å². The number of hydrogen-bond acceptors (Lipinski definition) is 4. The maximum atomic E-state index is 12.0. The van der Waals surface area contributed by atoms with Crippen LogP contribution in [0.3, 0.4) is 0 Å². The Labute approximate surface area is 117 Å². The first-order valence-electron chi connectivity index (χ1n) is 6.40. The monoisotopic (exact) mass is 275 g/mol. The molecule has 1 aromatic carbocycles. The highest BCUT2D eigenvalue weighted by Gasteiger charge is 2.19. The first-order chi connectivity index (χ1) is 9.60. The van der Waals surface area contributed by atoms with Gasteiger partial charge in [0.05, 0.1) is 13.2 Å². The number of amides is 2. The maximum Gasteiger partial charge on any atom is 0.267 e. The van der Waals surface area contributed by atoms with Gasteiger partial charge in [0, 0.05) is 12.8 Å². The molecule has 0 spiro atoms. The van der Waals surface area contributed by atoms with E-state index in [-0.39, 0.29) is 17.9 Å². The number of nitrogens with one attached hydrogen (secondary N) is 2. The average Bonchev–Trinajstić information content (AvgIpc) is 2.48. The molecule has 1 atom stereocenters. The van der Waals surface area contributed by atoms with Crippen LogP contribution in [-0.4, -0.2) is 24.6 Å². The molecule has 0 fully saturated rings. The van der Waals surface area contributed by atoms with Gasteiger partial charge in [0.15, 0.2) is 0 Å². The van der Waals surface area contributed by atoms with E-state index in [1.165, 1.54) is 0 Å². The Morgan fingerprint density at radius 1 is 1.35 bits per heavy atom. The van der Waals surface area contributed by atoms with Gasteiger partial charge in [-0.15, -0.1) is 0 Å². The number of methoxy groups -OCH3 is 1. The molecule has 1 aliphatic heterocycles. The fourth-order valence-corrected chi connectivity index (χ4v) is 1.89. The Hall–Kier alpha value is -2.37. The zero-order valence-electron chi connectivity index (χ0n) is 11.5. The van der Waals surface area contributed by atoms with Crippen molar-refractivity contribution in [2.75, 3.05) is 7.11 Å². The van der Waals surface area contributed by atoms with Crippen LogP contribution >= 0.6 is 0 Å². The van der Waals surface area contributed by atoms with Crippen LogP contribution in [0.5, 0.6) is 5.75 Å². The summed E-state index contributed by atoms with van der Waals surface area (Å²) in [5.41, 5.74) is 3.64. The van der Waals surface area contributed by atoms with Crippen molar-refractivity contribution in [2.45, 2.75) is 25.8 Å². The van der Waals surface area contributed by atoms with Crippen LogP contribution < -0.4 is 15.5 Å². The molecular weight excluding hydrogens is 258 g/mol. The van der Waals surface area contributed by atoms with Crippen molar-refractivity contribution in [1.29, 1.82) is 0 Å². The highest BCUT2D eigenvalue weighted by atomic mass is 16.5. The third-order valence-corrected chi connectivity index (χ3v) is 3.13. The van der Waals surface area contributed by atoms with Crippen molar-refractivity contribution in [3.63, 3.8) is 0 Å². The van der Waals surface area contributed by atoms with Gasteiger partial charge < -0.3 is 10.1 Å². The summed E-state index contributed by atoms with van der Waals surface area (Å²) in [6, 6.07) is 7.34. The second-order valence-electron chi connectivity index (χ2n) is 4.56. The standard InChI is InChI=1S/C14H17N3O3/c1-9(10-3-5-11(20-2)6-4-10)15-14(19)12-7-8-13(18)17-16-12/h3-6,9H,7-8H2,1-2H3,(H,15,19)(H,17,18). The molecule has 0 saturated heterocycles.